The summed E-state index contributed by atoms with van der Waals surface area (Å²) in [6.07, 6.45) is -4.18. The molecule has 0 bridgehead atoms. The third-order valence-electron chi connectivity index (χ3n) is 5.42. The van der Waals surface area contributed by atoms with Crippen molar-refractivity contribution in [1.29, 1.82) is 0 Å². The van der Waals surface area contributed by atoms with Gasteiger partial charge in [-0.25, -0.2) is 8.42 Å². The fourth-order valence-electron chi connectivity index (χ4n) is 3.43. The molecular weight excluding hydrogens is 405 g/mol. The van der Waals surface area contributed by atoms with E-state index in [4.69, 9.17) is 0 Å². The maximum absolute atomic E-state index is 13.3. The van der Waals surface area contributed by atoms with E-state index in [1.54, 1.807) is 18.2 Å². The molecule has 1 aromatic rings. The quantitative estimate of drug-likeness (QED) is 0.784. The SMILES string of the molecule is Cc1ccc(S(=O)(=O)N2CCC(C(=O)N[C@@H](C(C)(C)C)C(F)(F)F)CC2)cc1C. The normalized spacial score (nSPS) is 18.5. The Hall–Kier alpha value is -1.61. The van der Waals surface area contributed by atoms with Crippen LogP contribution in [0.15, 0.2) is 23.1 Å². The van der Waals surface area contributed by atoms with Crippen LogP contribution in [0.5, 0.6) is 0 Å². The van der Waals surface area contributed by atoms with Crippen LogP contribution in [-0.2, 0) is 14.8 Å². The van der Waals surface area contributed by atoms with Crippen LogP contribution in [0.2, 0.25) is 0 Å². The van der Waals surface area contributed by atoms with E-state index in [0.717, 1.165) is 11.1 Å². The van der Waals surface area contributed by atoms with Crippen molar-refractivity contribution in [1.82, 2.24) is 9.62 Å². The lowest BCUT2D eigenvalue weighted by molar-refractivity contribution is -0.182. The highest BCUT2D eigenvalue weighted by Gasteiger charge is 2.48. The van der Waals surface area contributed by atoms with E-state index < -0.39 is 39.5 Å². The number of sulfonamides is 1. The Bertz CT molecular complexity index is 839. The maximum Gasteiger partial charge on any atom is 0.409 e. The zero-order valence-electron chi connectivity index (χ0n) is 17.4. The van der Waals surface area contributed by atoms with Gasteiger partial charge in [0.15, 0.2) is 0 Å². The van der Waals surface area contributed by atoms with Gasteiger partial charge in [-0.3, -0.25) is 4.79 Å². The van der Waals surface area contributed by atoms with Crippen LogP contribution in [0.1, 0.15) is 44.7 Å². The number of halogens is 3. The largest absolute Gasteiger partial charge is 0.409 e. The molecule has 1 aliphatic rings. The first-order chi connectivity index (χ1) is 13.1. The minimum absolute atomic E-state index is 0.0968. The van der Waals surface area contributed by atoms with E-state index in [9.17, 15) is 26.4 Å². The summed E-state index contributed by atoms with van der Waals surface area (Å²) in [6, 6.07) is 2.94. The van der Waals surface area contributed by atoms with Gasteiger partial charge in [-0.1, -0.05) is 26.8 Å². The second kappa shape index (κ2) is 8.26. The maximum atomic E-state index is 13.3. The number of hydrogen-bond acceptors (Lipinski definition) is 3. The Kier molecular flexibility index (Phi) is 6.74. The van der Waals surface area contributed by atoms with Gasteiger partial charge in [0.1, 0.15) is 6.04 Å². The average Bonchev–Trinajstić information content (AvgIpc) is 2.59. The summed E-state index contributed by atoms with van der Waals surface area (Å²) in [7, 11) is -3.70. The minimum Gasteiger partial charge on any atom is -0.344 e. The molecule has 0 unspecified atom stereocenters. The molecule has 1 aromatic carbocycles. The summed E-state index contributed by atoms with van der Waals surface area (Å²) < 4.78 is 66.9. The summed E-state index contributed by atoms with van der Waals surface area (Å²) in [4.78, 5) is 12.6. The van der Waals surface area contributed by atoms with E-state index in [1.165, 1.54) is 25.1 Å². The summed E-state index contributed by atoms with van der Waals surface area (Å²) in [5.41, 5.74) is 0.666. The van der Waals surface area contributed by atoms with Gasteiger partial charge in [0.2, 0.25) is 15.9 Å². The van der Waals surface area contributed by atoms with Crippen molar-refractivity contribution in [2.45, 2.75) is 64.6 Å². The third-order valence-corrected chi connectivity index (χ3v) is 7.32. The standard InChI is InChI=1S/C20H29F3N2O3S/c1-13-6-7-16(12-14(13)2)29(27,28)25-10-8-15(9-11-25)17(26)24-18(19(3,4)5)20(21,22)23/h6-7,12,15,18H,8-11H2,1-5H3,(H,24,26)/t18-/m0/s1. The van der Waals surface area contributed by atoms with Crippen LogP contribution in [0.25, 0.3) is 0 Å². The van der Waals surface area contributed by atoms with Gasteiger partial charge in [-0.05, 0) is 55.4 Å². The number of alkyl halides is 3. The Labute approximate surface area is 170 Å². The molecule has 2 rings (SSSR count). The van der Waals surface area contributed by atoms with E-state index >= 15 is 0 Å². The Balaban J connectivity index is 2.06. The zero-order valence-corrected chi connectivity index (χ0v) is 18.2. The molecule has 9 heteroatoms. The van der Waals surface area contributed by atoms with Crippen molar-refractivity contribution in [2.24, 2.45) is 11.3 Å². The Morgan fingerprint density at radius 1 is 1.10 bits per heavy atom. The van der Waals surface area contributed by atoms with Crippen LogP contribution < -0.4 is 5.32 Å². The molecule has 1 heterocycles. The third kappa shape index (κ3) is 5.51. The minimum atomic E-state index is -4.55. The number of piperidine rings is 1. The molecule has 164 valence electrons. The molecular formula is C20H29F3N2O3S. The highest BCUT2D eigenvalue weighted by atomic mass is 32.2. The highest BCUT2D eigenvalue weighted by Crippen LogP contribution is 2.34. The van der Waals surface area contributed by atoms with Crippen LogP contribution in [0.4, 0.5) is 13.2 Å². The molecule has 1 aliphatic heterocycles. The first-order valence-corrected chi connectivity index (χ1v) is 11.0. The summed E-state index contributed by atoms with van der Waals surface area (Å²) in [5.74, 6) is -1.32. The van der Waals surface area contributed by atoms with Gasteiger partial charge in [-0.15, -0.1) is 0 Å². The van der Waals surface area contributed by atoms with Gasteiger partial charge < -0.3 is 5.32 Å². The molecule has 5 nitrogen and oxygen atoms in total. The van der Waals surface area contributed by atoms with Crippen LogP contribution in [-0.4, -0.2) is 43.9 Å². The number of benzene rings is 1. The van der Waals surface area contributed by atoms with Crippen LogP contribution >= 0.6 is 0 Å². The van der Waals surface area contributed by atoms with Crippen LogP contribution in [0, 0.1) is 25.2 Å². The Morgan fingerprint density at radius 2 is 1.66 bits per heavy atom. The van der Waals surface area contributed by atoms with Gasteiger partial charge >= 0.3 is 6.18 Å². The molecule has 1 N–H and O–H groups in total. The first kappa shape index (κ1) is 23.7. The fourth-order valence-corrected chi connectivity index (χ4v) is 4.99. The molecule has 0 aliphatic carbocycles. The van der Waals surface area contributed by atoms with Crippen LogP contribution in [0.3, 0.4) is 0 Å². The number of amides is 1. The van der Waals surface area contributed by atoms with E-state index in [0.29, 0.717) is 0 Å². The van der Waals surface area contributed by atoms with Crippen molar-refractivity contribution in [3.05, 3.63) is 29.3 Å². The predicted molar refractivity (Wildman–Crippen MR) is 105 cm³/mol. The topological polar surface area (TPSA) is 66.5 Å². The van der Waals surface area contributed by atoms with Crippen molar-refractivity contribution in [3.63, 3.8) is 0 Å². The lowest BCUT2D eigenvalue weighted by Gasteiger charge is -2.36. The molecule has 1 amide bonds. The smallest absolute Gasteiger partial charge is 0.344 e. The molecule has 0 saturated carbocycles. The highest BCUT2D eigenvalue weighted by molar-refractivity contribution is 7.89. The summed E-state index contributed by atoms with van der Waals surface area (Å²) >= 11 is 0. The summed E-state index contributed by atoms with van der Waals surface area (Å²) in [5, 5.41) is 2.13. The molecule has 1 fully saturated rings. The van der Waals surface area contributed by atoms with Gasteiger partial charge in [0.25, 0.3) is 0 Å². The molecule has 0 aromatic heterocycles. The number of rotatable bonds is 4. The number of carbonyl (C=O) groups excluding carboxylic acids is 1. The molecule has 1 atom stereocenters. The van der Waals surface area contributed by atoms with Crippen molar-refractivity contribution < 1.29 is 26.4 Å². The lowest BCUT2D eigenvalue weighted by atomic mass is 9.85. The van der Waals surface area contributed by atoms with Crippen molar-refractivity contribution in [3.8, 4) is 0 Å². The molecule has 0 spiro atoms. The van der Waals surface area contributed by atoms with Crippen molar-refractivity contribution in [2.75, 3.05) is 13.1 Å². The lowest BCUT2D eigenvalue weighted by Crippen LogP contribution is -2.55. The number of carbonyl (C=O) groups is 1. The molecule has 29 heavy (non-hydrogen) atoms. The molecule has 0 radical (unpaired) electrons. The van der Waals surface area contributed by atoms with Crippen molar-refractivity contribution >= 4 is 15.9 Å². The van der Waals surface area contributed by atoms with Gasteiger partial charge in [0, 0.05) is 19.0 Å². The fraction of sp³-hybridized carbons (Fsp3) is 0.650. The number of nitrogens with zero attached hydrogens (tertiary/aromatic N) is 1. The van der Waals surface area contributed by atoms with E-state index in [1.807, 2.05) is 13.8 Å². The van der Waals surface area contributed by atoms with Gasteiger partial charge in [0.05, 0.1) is 4.90 Å². The van der Waals surface area contributed by atoms with Gasteiger partial charge in [-0.2, -0.15) is 17.5 Å². The van der Waals surface area contributed by atoms with E-state index in [2.05, 4.69) is 5.32 Å². The second-order valence-corrected chi connectivity index (χ2v) is 10.7. The Morgan fingerprint density at radius 3 is 2.10 bits per heavy atom. The average molecular weight is 435 g/mol. The van der Waals surface area contributed by atoms with E-state index in [-0.39, 0.29) is 30.8 Å². The molecule has 1 saturated heterocycles. The number of aryl methyl sites for hydroxylation is 2. The zero-order chi connectivity index (χ0) is 22.2. The summed E-state index contributed by atoms with van der Waals surface area (Å²) in [6.45, 7) is 8.18. The predicted octanol–water partition coefficient (Wildman–Crippen LogP) is 3.80. The first-order valence-electron chi connectivity index (χ1n) is 9.58. The monoisotopic (exact) mass is 434 g/mol. The number of nitrogens with one attached hydrogen (secondary N) is 1. The second-order valence-electron chi connectivity index (χ2n) is 8.77. The number of hydrogen-bond donors (Lipinski definition) is 1.